The second-order valence-corrected chi connectivity index (χ2v) is 8.67. The van der Waals surface area contributed by atoms with Crippen molar-refractivity contribution in [1.29, 1.82) is 0 Å². The lowest BCUT2D eigenvalue weighted by molar-refractivity contribution is 0.0322. The van der Waals surface area contributed by atoms with Crippen LogP contribution in [0.25, 0.3) is 0 Å². The quantitative estimate of drug-likeness (QED) is 0.593. The summed E-state index contributed by atoms with van der Waals surface area (Å²) in [5.74, 6) is 4.39. The molecule has 2 nitrogen and oxygen atoms in total. The van der Waals surface area contributed by atoms with Gasteiger partial charge in [0.25, 0.3) is 0 Å². The van der Waals surface area contributed by atoms with Crippen LogP contribution in [0.3, 0.4) is 0 Å². The number of benzene rings is 1. The molecular formula is C24H34O2. The Bertz CT molecular complexity index is 571. The minimum absolute atomic E-state index is 0.328. The van der Waals surface area contributed by atoms with Crippen LogP contribution in [0.1, 0.15) is 69.3 Å². The Labute approximate surface area is 159 Å². The van der Waals surface area contributed by atoms with Crippen molar-refractivity contribution in [3.05, 3.63) is 42.0 Å². The van der Waals surface area contributed by atoms with Gasteiger partial charge in [-0.05, 0) is 74.0 Å². The normalized spacial score (nSPS) is 33.1. The van der Waals surface area contributed by atoms with Gasteiger partial charge < -0.3 is 9.47 Å². The van der Waals surface area contributed by atoms with Gasteiger partial charge in [-0.15, -0.1) is 0 Å². The monoisotopic (exact) mass is 354 g/mol. The molecule has 0 spiro atoms. The van der Waals surface area contributed by atoms with Crippen LogP contribution in [0.2, 0.25) is 0 Å². The molecule has 0 aromatic heterocycles. The Morgan fingerprint density at radius 1 is 0.846 bits per heavy atom. The Kier molecular flexibility index (Phi) is 5.99. The van der Waals surface area contributed by atoms with Crippen LogP contribution in [-0.2, 0) is 4.74 Å². The van der Waals surface area contributed by atoms with Gasteiger partial charge in [0.05, 0.1) is 19.8 Å². The van der Waals surface area contributed by atoms with Gasteiger partial charge in [0.1, 0.15) is 5.75 Å². The van der Waals surface area contributed by atoms with Crippen LogP contribution in [0, 0.1) is 17.8 Å². The van der Waals surface area contributed by atoms with E-state index >= 15 is 0 Å². The summed E-state index contributed by atoms with van der Waals surface area (Å²) in [5.41, 5.74) is 1.38. The van der Waals surface area contributed by atoms with Gasteiger partial charge in [-0.25, -0.2) is 0 Å². The second kappa shape index (κ2) is 8.61. The lowest BCUT2D eigenvalue weighted by atomic mass is 9.68. The molecule has 2 unspecified atom stereocenters. The number of allylic oxidation sites excluding steroid dienone is 1. The molecule has 1 saturated heterocycles. The third kappa shape index (κ3) is 4.34. The molecule has 2 saturated carbocycles. The summed E-state index contributed by atoms with van der Waals surface area (Å²) in [6.45, 7) is 0.843. The summed E-state index contributed by atoms with van der Waals surface area (Å²) in [6.07, 6.45) is 17.8. The van der Waals surface area contributed by atoms with Gasteiger partial charge >= 0.3 is 0 Å². The SMILES string of the molecule is COc1ccc(C2CCC(/C=C/C3CCC(C4CCC4)CC3)OC2)cc1. The highest BCUT2D eigenvalue weighted by molar-refractivity contribution is 5.29. The number of ether oxygens (including phenoxy) is 2. The van der Waals surface area contributed by atoms with E-state index in [-0.39, 0.29) is 0 Å². The first-order chi connectivity index (χ1) is 12.8. The minimum Gasteiger partial charge on any atom is -0.497 e. The average Bonchev–Trinajstić information content (AvgIpc) is 2.67. The molecule has 2 heteroatoms. The van der Waals surface area contributed by atoms with Gasteiger partial charge in [-0.3, -0.25) is 0 Å². The second-order valence-electron chi connectivity index (χ2n) is 8.67. The predicted octanol–water partition coefficient (Wildman–Crippen LogP) is 6.12. The largest absolute Gasteiger partial charge is 0.497 e. The Hall–Kier alpha value is -1.28. The maximum absolute atomic E-state index is 6.16. The molecule has 2 atom stereocenters. The van der Waals surface area contributed by atoms with Crippen molar-refractivity contribution < 1.29 is 9.47 Å². The first-order valence-electron chi connectivity index (χ1n) is 10.8. The van der Waals surface area contributed by atoms with E-state index in [1.807, 2.05) is 0 Å². The Morgan fingerprint density at radius 2 is 1.58 bits per heavy atom. The first-order valence-corrected chi connectivity index (χ1v) is 10.8. The molecule has 1 heterocycles. The molecule has 0 bridgehead atoms. The lowest BCUT2D eigenvalue weighted by Crippen LogP contribution is -2.26. The molecule has 3 fully saturated rings. The summed E-state index contributed by atoms with van der Waals surface area (Å²) < 4.78 is 11.4. The predicted molar refractivity (Wildman–Crippen MR) is 107 cm³/mol. The minimum atomic E-state index is 0.328. The van der Waals surface area contributed by atoms with Gasteiger partial charge in [0.15, 0.2) is 0 Å². The van der Waals surface area contributed by atoms with E-state index in [9.17, 15) is 0 Å². The number of rotatable bonds is 5. The van der Waals surface area contributed by atoms with Crippen LogP contribution in [0.15, 0.2) is 36.4 Å². The summed E-state index contributed by atoms with van der Waals surface area (Å²) in [7, 11) is 1.72. The fourth-order valence-electron chi connectivity index (χ4n) is 5.06. The van der Waals surface area contributed by atoms with E-state index in [4.69, 9.17) is 9.47 Å². The third-order valence-corrected chi connectivity index (χ3v) is 7.13. The molecule has 142 valence electrons. The molecule has 1 aliphatic heterocycles. The zero-order chi connectivity index (χ0) is 17.8. The van der Waals surface area contributed by atoms with Crippen molar-refractivity contribution in [2.75, 3.05) is 13.7 Å². The van der Waals surface area contributed by atoms with Gasteiger partial charge in [-0.2, -0.15) is 0 Å². The molecule has 0 amide bonds. The molecule has 0 N–H and O–H groups in total. The lowest BCUT2D eigenvalue weighted by Gasteiger charge is -2.38. The van der Waals surface area contributed by atoms with Crippen molar-refractivity contribution in [3.63, 3.8) is 0 Å². The van der Waals surface area contributed by atoms with Crippen molar-refractivity contribution in [3.8, 4) is 5.75 Å². The molecule has 26 heavy (non-hydrogen) atoms. The Morgan fingerprint density at radius 3 is 2.15 bits per heavy atom. The highest BCUT2D eigenvalue weighted by atomic mass is 16.5. The number of methoxy groups -OCH3 is 1. The molecular weight excluding hydrogens is 320 g/mol. The summed E-state index contributed by atoms with van der Waals surface area (Å²) >= 11 is 0. The van der Waals surface area contributed by atoms with Crippen molar-refractivity contribution in [2.24, 2.45) is 17.8 Å². The fourth-order valence-corrected chi connectivity index (χ4v) is 5.06. The smallest absolute Gasteiger partial charge is 0.118 e. The summed E-state index contributed by atoms with van der Waals surface area (Å²) in [6, 6.07) is 8.48. The van der Waals surface area contributed by atoms with E-state index in [2.05, 4.69) is 36.4 Å². The summed E-state index contributed by atoms with van der Waals surface area (Å²) in [5, 5.41) is 0. The molecule has 4 rings (SSSR count). The summed E-state index contributed by atoms with van der Waals surface area (Å²) in [4.78, 5) is 0. The third-order valence-electron chi connectivity index (χ3n) is 7.13. The Balaban J connectivity index is 1.20. The van der Waals surface area contributed by atoms with Crippen LogP contribution in [-0.4, -0.2) is 19.8 Å². The number of hydrogen-bond acceptors (Lipinski definition) is 2. The van der Waals surface area contributed by atoms with E-state index < -0.39 is 0 Å². The van der Waals surface area contributed by atoms with Crippen LogP contribution in [0.4, 0.5) is 0 Å². The average molecular weight is 355 g/mol. The van der Waals surface area contributed by atoms with E-state index in [1.54, 1.807) is 7.11 Å². The maximum atomic E-state index is 6.16. The topological polar surface area (TPSA) is 18.5 Å². The zero-order valence-electron chi connectivity index (χ0n) is 16.2. The van der Waals surface area contributed by atoms with Gasteiger partial charge in [0.2, 0.25) is 0 Å². The molecule has 0 radical (unpaired) electrons. The van der Waals surface area contributed by atoms with Gasteiger partial charge in [0, 0.05) is 5.92 Å². The van der Waals surface area contributed by atoms with Gasteiger partial charge in [-0.1, -0.05) is 43.5 Å². The number of hydrogen-bond donors (Lipinski definition) is 0. The highest BCUT2D eigenvalue weighted by Crippen LogP contribution is 2.42. The fraction of sp³-hybridized carbons (Fsp3) is 0.667. The standard InChI is InChI=1S/C24H34O2/c1-25-23-14-10-21(11-15-23)22-12-16-24(26-17-22)13-7-18-5-8-20(9-6-18)19-3-2-4-19/h7,10-11,13-15,18-20,22,24H,2-6,8-9,12,16-17H2,1H3/b13-7+. The van der Waals surface area contributed by atoms with Crippen molar-refractivity contribution >= 4 is 0 Å². The molecule has 1 aromatic carbocycles. The van der Waals surface area contributed by atoms with Crippen molar-refractivity contribution in [1.82, 2.24) is 0 Å². The zero-order valence-corrected chi connectivity index (χ0v) is 16.2. The molecule has 2 aliphatic carbocycles. The van der Waals surface area contributed by atoms with Crippen LogP contribution < -0.4 is 4.74 Å². The van der Waals surface area contributed by atoms with Crippen molar-refractivity contribution in [2.45, 2.75) is 69.8 Å². The molecule has 3 aliphatic rings. The van der Waals surface area contributed by atoms with E-state index in [1.165, 1.54) is 56.9 Å². The highest BCUT2D eigenvalue weighted by Gasteiger charge is 2.30. The first kappa shape index (κ1) is 18.1. The van der Waals surface area contributed by atoms with E-state index in [0.717, 1.165) is 36.5 Å². The maximum Gasteiger partial charge on any atom is 0.118 e. The van der Waals surface area contributed by atoms with Crippen LogP contribution in [0.5, 0.6) is 5.75 Å². The van der Waals surface area contributed by atoms with Crippen LogP contribution >= 0.6 is 0 Å². The molecule has 1 aromatic rings. The van der Waals surface area contributed by atoms with E-state index in [0.29, 0.717) is 12.0 Å².